The first-order valence-electron chi connectivity index (χ1n) is 8.07. The zero-order valence-electron chi connectivity index (χ0n) is 13.7. The molecule has 1 aromatic carbocycles. The third kappa shape index (κ3) is 3.52. The second-order valence-electron chi connectivity index (χ2n) is 6.54. The van der Waals surface area contributed by atoms with E-state index in [4.69, 9.17) is 0 Å². The molecular formula is C16H19F3N2O3S. The number of alkyl halides is 3. The van der Waals surface area contributed by atoms with Crippen LogP contribution in [0.15, 0.2) is 29.2 Å². The Labute approximate surface area is 144 Å². The number of piperazine rings is 1. The molecule has 3 rings (SSSR count). The van der Waals surface area contributed by atoms with Crippen molar-refractivity contribution in [2.24, 2.45) is 11.8 Å². The molecule has 0 unspecified atom stereocenters. The molecule has 2 atom stereocenters. The average Bonchev–Trinajstić information content (AvgIpc) is 3.30. The van der Waals surface area contributed by atoms with Crippen LogP contribution in [0.4, 0.5) is 13.2 Å². The monoisotopic (exact) mass is 376 g/mol. The van der Waals surface area contributed by atoms with Gasteiger partial charge in [0.25, 0.3) is 0 Å². The van der Waals surface area contributed by atoms with Crippen molar-refractivity contribution in [2.45, 2.75) is 24.4 Å². The summed E-state index contributed by atoms with van der Waals surface area (Å²) in [6.45, 7) is 2.39. The number of carbonyl (C=O) groups is 1. The Kier molecular flexibility index (Phi) is 4.57. The highest BCUT2D eigenvalue weighted by Crippen LogP contribution is 2.39. The summed E-state index contributed by atoms with van der Waals surface area (Å²) in [6, 6.07) is 4.17. The van der Waals surface area contributed by atoms with Crippen molar-refractivity contribution in [3.8, 4) is 0 Å². The van der Waals surface area contributed by atoms with Crippen molar-refractivity contribution in [3.05, 3.63) is 29.8 Å². The van der Waals surface area contributed by atoms with Crippen molar-refractivity contribution in [1.82, 2.24) is 9.21 Å². The quantitative estimate of drug-likeness (QED) is 0.813. The molecule has 138 valence electrons. The Morgan fingerprint density at radius 2 is 1.68 bits per heavy atom. The van der Waals surface area contributed by atoms with Crippen LogP contribution in [0.1, 0.15) is 18.9 Å². The summed E-state index contributed by atoms with van der Waals surface area (Å²) in [7, 11) is -4.26. The van der Waals surface area contributed by atoms with E-state index in [2.05, 4.69) is 0 Å². The lowest BCUT2D eigenvalue weighted by atomic mass is 10.2. The summed E-state index contributed by atoms with van der Waals surface area (Å²) in [5.41, 5.74) is -1.17. The highest BCUT2D eigenvalue weighted by atomic mass is 32.2. The summed E-state index contributed by atoms with van der Waals surface area (Å²) in [5.74, 6) is 0.377. The smallest absolute Gasteiger partial charge is 0.340 e. The van der Waals surface area contributed by atoms with Crippen molar-refractivity contribution < 1.29 is 26.4 Å². The molecule has 2 aliphatic rings. The topological polar surface area (TPSA) is 57.7 Å². The normalized spacial score (nSPS) is 25.0. The molecule has 1 heterocycles. The summed E-state index contributed by atoms with van der Waals surface area (Å²) in [4.78, 5) is 13.1. The summed E-state index contributed by atoms with van der Waals surface area (Å²) < 4.78 is 65.7. The van der Waals surface area contributed by atoms with Gasteiger partial charge in [0.05, 0.1) is 10.5 Å². The Balaban J connectivity index is 1.76. The van der Waals surface area contributed by atoms with Gasteiger partial charge in [-0.15, -0.1) is 0 Å². The van der Waals surface area contributed by atoms with Gasteiger partial charge in [-0.25, -0.2) is 8.42 Å². The van der Waals surface area contributed by atoms with E-state index in [0.717, 1.165) is 28.9 Å². The second-order valence-corrected chi connectivity index (χ2v) is 8.45. The molecule has 0 aromatic heterocycles. The van der Waals surface area contributed by atoms with E-state index in [0.29, 0.717) is 5.92 Å². The molecule has 0 radical (unpaired) electrons. The van der Waals surface area contributed by atoms with Crippen molar-refractivity contribution in [2.75, 3.05) is 26.2 Å². The van der Waals surface area contributed by atoms with Crippen LogP contribution in [0.25, 0.3) is 0 Å². The SMILES string of the molecule is C[C@@H]1C[C@@H]1C(=O)N1CCN(S(=O)(=O)c2ccccc2C(F)(F)F)CC1. The first-order chi connectivity index (χ1) is 11.6. The van der Waals surface area contributed by atoms with Gasteiger partial charge in [0.2, 0.25) is 15.9 Å². The number of benzene rings is 1. The maximum Gasteiger partial charge on any atom is 0.417 e. The zero-order chi connectivity index (χ0) is 18.4. The van der Waals surface area contributed by atoms with E-state index >= 15 is 0 Å². The Morgan fingerprint density at radius 3 is 2.20 bits per heavy atom. The minimum absolute atomic E-state index is 0.00135. The van der Waals surface area contributed by atoms with Crippen LogP contribution in [0.2, 0.25) is 0 Å². The van der Waals surface area contributed by atoms with E-state index < -0.39 is 26.7 Å². The molecular weight excluding hydrogens is 357 g/mol. The third-order valence-corrected chi connectivity index (χ3v) is 6.74. The molecule has 1 saturated heterocycles. The lowest BCUT2D eigenvalue weighted by Crippen LogP contribution is -2.51. The molecule has 1 aromatic rings. The Bertz CT molecular complexity index is 771. The summed E-state index contributed by atoms with van der Waals surface area (Å²) in [5, 5.41) is 0. The van der Waals surface area contributed by atoms with E-state index in [-0.39, 0.29) is 38.0 Å². The van der Waals surface area contributed by atoms with E-state index in [9.17, 15) is 26.4 Å². The van der Waals surface area contributed by atoms with E-state index in [1.165, 1.54) is 6.07 Å². The van der Waals surface area contributed by atoms with Crippen LogP contribution in [-0.2, 0) is 21.0 Å². The Morgan fingerprint density at radius 1 is 1.12 bits per heavy atom. The fourth-order valence-electron chi connectivity index (χ4n) is 3.11. The number of hydrogen-bond donors (Lipinski definition) is 0. The van der Waals surface area contributed by atoms with Gasteiger partial charge in [-0.1, -0.05) is 19.1 Å². The molecule has 0 spiro atoms. The first-order valence-corrected chi connectivity index (χ1v) is 9.51. The molecule has 5 nitrogen and oxygen atoms in total. The number of nitrogens with zero attached hydrogens (tertiary/aromatic N) is 2. The third-order valence-electron chi connectivity index (χ3n) is 4.79. The van der Waals surface area contributed by atoms with Crippen molar-refractivity contribution in [1.29, 1.82) is 0 Å². The second kappa shape index (κ2) is 6.28. The minimum atomic E-state index is -4.75. The standard InChI is InChI=1S/C16H19F3N2O3S/c1-11-10-12(11)15(22)20-6-8-21(9-7-20)25(23,24)14-5-3-2-4-13(14)16(17,18)19/h2-5,11-12H,6-10H2,1H3/t11-,12+/m1/s1. The van der Waals surface area contributed by atoms with E-state index in [1.54, 1.807) is 4.90 Å². The lowest BCUT2D eigenvalue weighted by Gasteiger charge is -2.34. The van der Waals surface area contributed by atoms with Gasteiger partial charge in [-0.3, -0.25) is 4.79 Å². The number of hydrogen-bond acceptors (Lipinski definition) is 3. The first kappa shape index (κ1) is 18.2. The van der Waals surface area contributed by atoms with Crippen molar-refractivity contribution in [3.63, 3.8) is 0 Å². The van der Waals surface area contributed by atoms with Gasteiger partial charge >= 0.3 is 6.18 Å². The summed E-state index contributed by atoms with van der Waals surface area (Å²) >= 11 is 0. The van der Waals surface area contributed by atoms with Gasteiger partial charge in [-0.05, 0) is 24.5 Å². The molecule has 0 N–H and O–H groups in total. The highest BCUT2D eigenvalue weighted by molar-refractivity contribution is 7.89. The van der Waals surface area contributed by atoms with E-state index in [1.807, 2.05) is 6.92 Å². The van der Waals surface area contributed by atoms with Crippen LogP contribution in [0.3, 0.4) is 0 Å². The fourth-order valence-corrected chi connectivity index (χ4v) is 4.75. The molecule has 1 aliphatic heterocycles. The molecule has 2 fully saturated rings. The zero-order valence-corrected chi connectivity index (χ0v) is 14.5. The predicted molar refractivity (Wildman–Crippen MR) is 84.1 cm³/mol. The minimum Gasteiger partial charge on any atom is -0.340 e. The maximum atomic E-state index is 13.1. The number of sulfonamides is 1. The largest absolute Gasteiger partial charge is 0.417 e. The molecule has 1 amide bonds. The molecule has 25 heavy (non-hydrogen) atoms. The molecule has 0 bridgehead atoms. The van der Waals surface area contributed by atoms with Gasteiger partial charge in [0.1, 0.15) is 0 Å². The van der Waals surface area contributed by atoms with Crippen LogP contribution in [-0.4, -0.2) is 49.7 Å². The van der Waals surface area contributed by atoms with Crippen LogP contribution in [0.5, 0.6) is 0 Å². The number of carbonyl (C=O) groups excluding carboxylic acids is 1. The lowest BCUT2D eigenvalue weighted by molar-refractivity contribution is -0.139. The highest BCUT2D eigenvalue weighted by Gasteiger charge is 2.43. The Hall–Kier alpha value is -1.61. The number of amides is 1. The fraction of sp³-hybridized carbons (Fsp3) is 0.562. The molecule has 9 heteroatoms. The molecule has 1 aliphatic carbocycles. The number of halogens is 3. The van der Waals surface area contributed by atoms with Crippen molar-refractivity contribution >= 4 is 15.9 Å². The predicted octanol–water partition coefficient (Wildman–Crippen LogP) is 2.19. The number of rotatable bonds is 3. The van der Waals surface area contributed by atoms with Gasteiger partial charge in [0, 0.05) is 32.1 Å². The molecule has 1 saturated carbocycles. The maximum absolute atomic E-state index is 13.1. The van der Waals surface area contributed by atoms with Crippen LogP contribution in [0, 0.1) is 11.8 Å². The van der Waals surface area contributed by atoms with Crippen LogP contribution < -0.4 is 0 Å². The van der Waals surface area contributed by atoms with Gasteiger partial charge in [-0.2, -0.15) is 17.5 Å². The van der Waals surface area contributed by atoms with Gasteiger partial charge < -0.3 is 4.90 Å². The van der Waals surface area contributed by atoms with Crippen LogP contribution >= 0.6 is 0 Å². The van der Waals surface area contributed by atoms with Gasteiger partial charge in [0.15, 0.2) is 0 Å². The average molecular weight is 376 g/mol. The summed E-state index contributed by atoms with van der Waals surface area (Å²) in [6.07, 6.45) is -3.90.